The molecule has 1 rings (SSSR count). The zero-order chi connectivity index (χ0) is 12.8. The summed E-state index contributed by atoms with van der Waals surface area (Å²) in [5.74, 6) is 0. The van der Waals surface area contributed by atoms with E-state index in [0.29, 0.717) is 11.3 Å². The Hall–Kier alpha value is -1.15. The Bertz CT molecular complexity index is 376. The molecule has 1 fully saturated rings. The van der Waals surface area contributed by atoms with Crippen LogP contribution in [0, 0.1) is 0 Å². The number of likely N-dealkylation sites (N-methyl/N-ethyl adjacent to an activating group) is 1. The molecule has 2 unspecified atom stereocenters. The minimum Gasteiger partial charge on any atom is -0.366 e. The van der Waals surface area contributed by atoms with Gasteiger partial charge in [-0.1, -0.05) is 37.0 Å². The van der Waals surface area contributed by atoms with Crippen molar-refractivity contribution in [2.45, 2.75) is 25.1 Å². The molecule has 0 saturated carbocycles. The maximum atomic E-state index is 3.94. The molecular weight excluding hydrogens is 226 g/mol. The van der Waals surface area contributed by atoms with E-state index in [1.54, 1.807) is 0 Å². The van der Waals surface area contributed by atoms with Crippen molar-refractivity contribution >= 4 is 11.8 Å². The molecule has 1 nitrogen and oxygen atoms in total. The van der Waals surface area contributed by atoms with Gasteiger partial charge in [-0.25, -0.2) is 0 Å². The molecule has 1 aliphatic heterocycles. The third-order valence-electron chi connectivity index (χ3n) is 2.84. The van der Waals surface area contributed by atoms with E-state index < -0.39 is 0 Å². The molecule has 0 aromatic rings. The lowest BCUT2D eigenvalue weighted by atomic mass is 10.1. The smallest absolute Gasteiger partial charge is 0.0627 e. The van der Waals surface area contributed by atoms with Crippen LogP contribution in [-0.2, 0) is 0 Å². The Labute approximate surface area is 109 Å². The number of thioether (sulfide) groups is 1. The highest BCUT2D eigenvalue weighted by molar-refractivity contribution is 8.04. The summed E-state index contributed by atoms with van der Waals surface area (Å²) in [6.45, 7) is 11.9. The molecule has 2 heteroatoms. The lowest BCUT2D eigenvalue weighted by Gasteiger charge is -2.40. The van der Waals surface area contributed by atoms with Crippen LogP contribution in [-0.4, -0.2) is 23.2 Å². The predicted molar refractivity (Wildman–Crippen MR) is 80.0 cm³/mol. The van der Waals surface area contributed by atoms with Crippen LogP contribution in [0.1, 0.15) is 13.8 Å². The topological polar surface area (TPSA) is 3.24 Å². The van der Waals surface area contributed by atoms with Crippen molar-refractivity contribution < 1.29 is 0 Å². The molecule has 0 spiro atoms. The summed E-state index contributed by atoms with van der Waals surface area (Å²) in [6, 6.07) is 0.359. The first-order valence-corrected chi connectivity index (χ1v) is 6.71. The molecule has 92 valence electrons. The summed E-state index contributed by atoms with van der Waals surface area (Å²) in [6.07, 6.45) is 12.4. The maximum absolute atomic E-state index is 3.94. The van der Waals surface area contributed by atoms with Gasteiger partial charge >= 0.3 is 0 Å². The number of hydrogen-bond donors (Lipinski definition) is 0. The van der Waals surface area contributed by atoms with Gasteiger partial charge in [0.2, 0.25) is 0 Å². The number of nitrogens with zero attached hydrogens (tertiary/aromatic N) is 1. The van der Waals surface area contributed by atoms with Crippen molar-refractivity contribution in [1.29, 1.82) is 0 Å². The summed E-state index contributed by atoms with van der Waals surface area (Å²) < 4.78 is 0. The molecule has 1 heterocycles. The highest BCUT2D eigenvalue weighted by Crippen LogP contribution is 2.40. The van der Waals surface area contributed by atoms with Crippen molar-refractivity contribution in [3.05, 3.63) is 60.2 Å². The highest BCUT2D eigenvalue weighted by Gasteiger charge is 2.30. The second-order valence-electron chi connectivity index (χ2n) is 3.89. The van der Waals surface area contributed by atoms with E-state index in [1.807, 2.05) is 23.9 Å². The largest absolute Gasteiger partial charge is 0.366 e. The van der Waals surface area contributed by atoms with Gasteiger partial charge < -0.3 is 4.90 Å². The molecule has 2 atom stereocenters. The fourth-order valence-electron chi connectivity index (χ4n) is 1.98. The van der Waals surface area contributed by atoms with Crippen molar-refractivity contribution in [3.8, 4) is 0 Å². The van der Waals surface area contributed by atoms with E-state index in [0.717, 1.165) is 0 Å². The summed E-state index contributed by atoms with van der Waals surface area (Å²) in [5.41, 5.74) is 1.23. The third-order valence-corrected chi connectivity index (χ3v) is 4.28. The molecule has 0 N–H and O–H groups in total. The first kappa shape index (κ1) is 13.9. The second-order valence-corrected chi connectivity index (χ2v) is 5.11. The van der Waals surface area contributed by atoms with Gasteiger partial charge in [-0.15, -0.1) is 18.3 Å². The molecule has 0 aromatic heterocycles. The van der Waals surface area contributed by atoms with Crippen LogP contribution in [0.15, 0.2) is 60.2 Å². The predicted octanol–water partition coefficient (Wildman–Crippen LogP) is 4.14. The molecule has 0 radical (unpaired) electrons. The molecule has 1 saturated heterocycles. The Morgan fingerprint density at radius 2 is 2.00 bits per heavy atom. The average molecular weight is 247 g/mol. The van der Waals surface area contributed by atoms with Crippen LogP contribution in [0.4, 0.5) is 0 Å². The van der Waals surface area contributed by atoms with Crippen LogP contribution in [0.3, 0.4) is 0 Å². The minimum atomic E-state index is 0.359. The van der Waals surface area contributed by atoms with Crippen molar-refractivity contribution in [3.63, 3.8) is 0 Å². The lowest BCUT2D eigenvalue weighted by molar-refractivity contribution is 0.362. The Morgan fingerprint density at radius 3 is 2.47 bits per heavy atom. The average Bonchev–Trinajstić information content (AvgIpc) is 2.34. The first-order chi connectivity index (χ1) is 8.19. The van der Waals surface area contributed by atoms with Crippen LogP contribution in [0.5, 0.6) is 0 Å². The van der Waals surface area contributed by atoms with Crippen LogP contribution >= 0.6 is 11.8 Å². The zero-order valence-corrected chi connectivity index (χ0v) is 11.7. The summed E-state index contributed by atoms with van der Waals surface area (Å²) >= 11 is 1.87. The van der Waals surface area contributed by atoms with Gasteiger partial charge in [-0.2, -0.15) is 0 Å². The third kappa shape index (κ3) is 2.95. The summed E-state index contributed by atoms with van der Waals surface area (Å²) in [7, 11) is 2.12. The Balaban J connectivity index is 3.15. The monoisotopic (exact) mass is 247 g/mol. The summed E-state index contributed by atoms with van der Waals surface area (Å²) in [5, 5.41) is 0.393. The summed E-state index contributed by atoms with van der Waals surface area (Å²) in [4.78, 5) is 3.58. The molecular formula is C15H21NS. The van der Waals surface area contributed by atoms with Gasteiger partial charge in [0, 0.05) is 12.0 Å². The van der Waals surface area contributed by atoms with Crippen LogP contribution < -0.4 is 0 Å². The van der Waals surface area contributed by atoms with Gasteiger partial charge in [0.1, 0.15) is 0 Å². The molecule has 0 aromatic carbocycles. The molecule has 0 amide bonds. The van der Waals surface area contributed by atoms with Gasteiger partial charge in [-0.3, -0.25) is 0 Å². The fraction of sp³-hybridized carbons (Fsp3) is 0.333. The maximum Gasteiger partial charge on any atom is 0.0627 e. The van der Waals surface area contributed by atoms with Crippen molar-refractivity contribution in [2.75, 3.05) is 7.05 Å². The Morgan fingerprint density at radius 1 is 1.29 bits per heavy atom. The van der Waals surface area contributed by atoms with E-state index in [2.05, 4.69) is 63.3 Å². The van der Waals surface area contributed by atoms with Crippen LogP contribution in [0.2, 0.25) is 0 Å². The quantitative estimate of drug-likeness (QED) is 0.690. The molecule has 1 aliphatic rings. The van der Waals surface area contributed by atoms with E-state index >= 15 is 0 Å². The second kappa shape index (κ2) is 6.55. The zero-order valence-electron chi connectivity index (χ0n) is 10.9. The normalized spacial score (nSPS) is 30.2. The number of hydrogen-bond acceptors (Lipinski definition) is 2. The molecule has 17 heavy (non-hydrogen) atoms. The standard InChI is InChI=1S/C15H21NS/c1-6-10-12-14(8-3)17-15(9-4)13(11-7-2)16(12)5/h6-11,13,15H,1,4H2,2-3,5H3/b11-7-,12-10+,14-8+. The Kier molecular flexibility index (Phi) is 5.36. The lowest BCUT2D eigenvalue weighted by Crippen LogP contribution is -2.40. The fourth-order valence-corrected chi connectivity index (χ4v) is 3.25. The number of allylic oxidation sites excluding steroid dienone is 4. The SMILES string of the molecule is C=C/C=C1\C(=C/C)SC(C=C)C(/C=C\C)N1C. The highest BCUT2D eigenvalue weighted by atomic mass is 32.2. The van der Waals surface area contributed by atoms with E-state index in [9.17, 15) is 0 Å². The van der Waals surface area contributed by atoms with Gasteiger partial charge in [0.25, 0.3) is 0 Å². The van der Waals surface area contributed by atoms with E-state index in [4.69, 9.17) is 0 Å². The van der Waals surface area contributed by atoms with Crippen molar-refractivity contribution in [1.82, 2.24) is 4.90 Å². The molecule has 0 aliphatic carbocycles. The first-order valence-electron chi connectivity index (χ1n) is 5.83. The van der Waals surface area contributed by atoms with E-state index in [-0.39, 0.29) is 0 Å². The minimum absolute atomic E-state index is 0.359. The van der Waals surface area contributed by atoms with Crippen molar-refractivity contribution in [2.24, 2.45) is 0 Å². The molecule has 0 bridgehead atoms. The number of rotatable bonds is 3. The van der Waals surface area contributed by atoms with Crippen LogP contribution in [0.25, 0.3) is 0 Å². The van der Waals surface area contributed by atoms with Gasteiger partial charge in [0.15, 0.2) is 0 Å². The van der Waals surface area contributed by atoms with E-state index in [1.165, 1.54) is 10.6 Å². The van der Waals surface area contributed by atoms with Gasteiger partial charge in [0.05, 0.1) is 17.0 Å². The van der Waals surface area contributed by atoms with Gasteiger partial charge in [-0.05, 0) is 19.9 Å².